The van der Waals surface area contributed by atoms with Crippen molar-refractivity contribution < 1.29 is 4.74 Å². The quantitative estimate of drug-likeness (QED) is 0.754. The maximum absolute atomic E-state index is 5.81. The van der Waals surface area contributed by atoms with Crippen molar-refractivity contribution in [3.63, 3.8) is 0 Å². The van der Waals surface area contributed by atoms with Crippen LogP contribution in [0.15, 0.2) is 24.3 Å². The molecule has 0 spiro atoms. The molecule has 1 unspecified atom stereocenters. The molecular weight excluding hydrogens is 234 g/mol. The summed E-state index contributed by atoms with van der Waals surface area (Å²) >= 11 is 5.81. The lowest BCUT2D eigenvalue weighted by atomic mass is 10.2. The van der Waals surface area contributed by atoms with E-state index >= 15 is 0 Å². The monoisotopic (exact) mass is 253 g/mol. The van der Waals surface area contributed by atoms with Gasteiger partial charge in [-0.25, -0.2) is 0 Å². The third kappa shape index (κ3) is 4.66. The predicted octanol–water partition coefficient (Wildman–Crippen LogP) is 3.24. The first-order valence-corrected chi connectivity index (χ1v) is 6.69. The van der Waals surface area contributed by atoms with Crippen LogP contribution in [-0.2, 0) is 11.3 Å². The van der Waals surface area contributed by atoms with E-state index in [-0.39, 0.29) is 0 Å². The van der Waals surface area contributed by atoms with Crippen molar-refractivity contribution in [3.05, 3.63) is 34.9 Å². The average molecular weight is 254 g/mol. The van der Waals surface area contributed by atoms with Gasteiger partial charge in [0.15, 0.2) is 0 Å². The lowest BCUT2D eigenvalue weighted by Crippen LogP contribution is -2.30. The Hall–Kier alpha value is -0.570. The zero-order chi connectivity index (χ0) is 12.1. The second-order valence-corrected chi connectivity index (χ2v) is 5.20. The van der Waals surface area contributed by atoms with Crippen molar-refractivity contribution in [1.82, 2.24) is 5.32 Å². The first-order valence-electron chi connectivity index (χ1n) is 6.31. The van der Waals surface area contributed by atoms with Crippen LogP contribution in [0.3, 0.4) is 0 Å². The molecule has 17 heavy (non-hydrogen) atoms. The molecule has 0 aromatic heterocycles. The summed E-state index contributed by atoms with van der Waals surface area (Å²) in [5, 5.41) is 4.27. The summed E-state index contributed by atoms with van der Waals surface area (Å²) in [6, 6.07) is 8.45. The molecule has 1 aromatic rings. The molecule has 0 bridgehead atoms. The van der Waals surface area contributed by atoms with Gasteiger partial charge in [-0.2, -0.15) is 0 Å². The van der Waals surface area contributed by atoms with Crippen molar-refractivity contribution in [2.24, 2.45) is 5.92 Å². The molecular formula is C14H20ClNO. The molecule has 1 atom stereocenters. The second kappa shape index (κ2) is 6.39. The number of nitrogens with one attached hydrogen (secondary N) is 1. The molecule has 0 aliphatic heterocycles. The summed E-state index contributed by atoms with van der Waals surface area (Å²) in [6.07, 6.45) is 2.78. The summed E-state index contributed by atoms with van der Waals surface area (Å²) in [6.45, 7) is 4.62. The molecule has 1 N–H and O–H groups in total. The summed E-state index contributed by atoms with van der Waals surface area (Å²) in [5.41, 5.74) is 1.17. The summed E-state index contributed by atoms with van der Waals surface area (Å²) in [4.78, 5) is 0. The van der Waals surface area contributed by atoms with Crippen molar-refractivity contribution in [2.45, 2.75) is 32.4 Å². The van der Waals surface area contributed by atoms with E-state index in [0.717, 1.165) is 24.1 Å². The van der Waals surface area contributed by atoms with E-state index in [9.17, 15) is 0 Å². The van der Waals surface area contributed by atoms with E-state index in [4.69, 9.17) is 16.3 Å². The minimum atomic E-state index is 0.647. The summed E-state index contributed by atoms with van der Waals surface area (Å²) in [5.74, 6) is 0.909. The van der Waals surface area contributed by atoms with Crippen LogP contribution in [0.1, 0.15) is 25.3 Å². The third-order valence-corrected chi connectivity index (χ3v) is 3.48. The zero-order valence-electron chi connectivity index (χ0n) is 10.3. The number of hydrogen-bond donors (Lipinski definition) is 1. The van der Waals surface area contributed by atoms with Crippen LogP contribution in [0.2, 0.25) is 5.02 Å². The fraction of sp³-hybridized carbons (Fsp3) is 0.571. The van der Waals surface area contributed by atoms with Gasteiger partial charge in [-0.1, -0.05) is 23.7 Å². The fourth-order valence-corrected chi connectivity index (χ4v) is 2.02. The van der Waals surface area contributed by atoms with Gasteiger partial charge in [0, 0.05) is 17.6 Å². The summed E-state index contributed by atoms with van der Waals surface area (Å²) in [7, 11) is 0. The van der Waals surface area contributed by atoms with E-state index in [1.165, 1.54) is 18.4 Å². The second-order valence-electron chi connectivity index (χ2n) is 4.76. The molecule has 1 fully saturated rings. The molecule has 1 aliphatic rings. The van der Waals surface area contributed by atoms with Gasteiger partial charge in [-0.3, -0.25) is 0 Å². The maximum atomic E-state index is 5.81. The Bertz CT molecular complexity index is 335. The maximum Gasteiger partial charge on any atom is 0.0717 e. The fourth-order valence-electron chi connectivity index (χ4n) is 1.89. The highest BCUT2D eigenvalue weighted by Gasteiger charge is 2.27. The number of halogens is 1. The van der Waals surface area contributed by atoms with Gasteiger partial charge in [0.1, 0.15) is 0 Å². The Labute approximate surface area is 108 Å². The Morgan fingerprint density at radius 1 is 1.35 bits per heavy atom. The lowest BCUT2D eigenvalue weighted by molar-refractivity contribution is 0.120. The minimum Gasteiger partial charge on any atom is -0.375 e. The molecule has 0 heterocycles. The highest BCUT2D eigenvalue weighted by Crippen LogP contribution is 2.32. The summed E-state index contributed by atoms with van der Waals surface area (Å²) < 4.78 is 5.60. The normalized spacial score (nSPS) is 17.1. The van der Waals surface area contributed by atoms with Crippen molar-refractivity contribution in [2.75, 3.05) is 13.2 Å². The Morgan fingerprint density at radius 2 is 2.06 bits per heavy atom. The third-order valence-electron chi connectivity index (χ3n) is 3.22. The highest BCUT2D eigenvalue weighted by molar-refractivity contribution is 6.30. The van der Waals surface area contributed by atoms with E-state index in [0.29, 0.717) is 12.6 Å². The van der Waals surface area contributed by atoms with Gasteiger partial charge in [-0.15, -0.1) is 0 Å². The van der Waals surface area contributed by atoms with Crippen LogP contribution in [-0.4, -0.2) is 19.2 Å². The lowest BCUT2D eigenvalue weighted by Gasteiger charge is -2.12. The number of ether oxygens (including phenoxy) is 1. The minimum absolute atomic E-state index is 0.647. The molecule has 0 saturated heterocycles. The first kappa shape index (κ1) is 12.9. The molecule has 1 aliphatic carbocycles. The van der Waals surface area contributed by atoms with E-state index in [1.54, 1.807) is 0 Å². The Balaban J connectivity index is 1.55. The van der Waals surface area contributed by atoms with Gasteiger partial charge < -0.3 is 10.1 Å². The number of benzene rings is 1. The van der Waals surface area contributed by atoms with Gasteiger partial charge in [0.05, 0.1) is 13.2 Å². The molecule has 3 heteroatoms. The van der Waals surface area contributed by atoms with E-state index in [1.807, 2.05) is 24.3 Å². The van der Waals surface area contributed by atoms with Crippen LogP contribution < -0.4 is 5.32 Å². The molecule has 0 amide bonds. The van der Waals surface area contributed by atoms with Gasteiger partial charge in [-0.05, 0) is 43.4 Å². The largest absolute Gasteiger partial charge is 0.375 e. The van der Waals surface area contributed by atoms with Crippen molar-refractivity contribution in [1.29, 1.82) is 0 Å². The highest BCUT2D eigenvalue weighted by atomic mass is 35.5. The molecule has 94 valence electrons. The number of rotatable bonds is 7. The van der Waals surface area contributed by atoms with Crippen LogP contribution in [0.5, 0.6) is 0 Å². The van der Waals surface area contributed by atoms with Crippen LogP contribution in [0, 0.1) is 5.92 Å². The van der Waals surface area contributed by atoms with E-state index in [2.05, 4.69) is 12.2 Å². The van der Waals surface area contributed by atoms with Crippen LogP contribution >= 0.6 is 11.6 Å². The topological polar surface area (TPSA) is 21.3 Å². The average Bonchev–Trinajstić information content (AvgIpc) is 3.15. The Kier molecular flexibility index (Phi) is 4.84. The first-order chi connectivity index (χ1) is 8.25. The standard InChI is InChI=1S/C14H20ClNO/c1-11(13-4-5-13)16-8-9-17-10-12-2-6-14(15)7-3-12/h2-3,6-7,11,13,16H,4-5,8-10H2,1H3. The van der Waals surface area contributed by atoms with Crippen LogP contribution in [0.4, 0.5) is 0 Å². The molecule has 1 aromatic carbocycles. The Morgan fingerprint density at radius 3 is 2.71 bits per heavy atom. The SMILES string of the molecule is CC(NCCOCc1ccc(Cl)cc1)C1CC1. The van der Waals surface area contributed by atoms with Crippen molar-refractivity contribution in [3.8, 4) is 0 Å². The van der Waals surface area contributed by atoms with E-state index < -0.39 is 0 Å². The zero-order valence-corrected chi connectivity index (χ0v) is 11.0. The van der Waals surface area contributed by atoms with Gasteiger partial charge >= 0.3 is 0 Å². The van der Waals surface area contributed by atoms with Crippen molar-refractivity contribution >= 4 is 11.6 Å². The molecule has 2 nitrogen and oxygen atoms in total. The van der Waals surface area contributed by atoms with Gasteiger partial charge in [0.2, 0.25) is 0 Å². The number of hydrogen-bond acceptors (Lipinski definition) is 2. The van der Waals surface area contributed by atoms with Gasteiger partial charge in [0.25, 0.3) is 0 Å². The van der Waals surface area contributed by atoms with Crippen LogP contribution in [0.25, 0.3) is 0 Å². The molecule has 2 rings (SSSR count). The molecule has 1 saturated carbocycles. The smallest absolute Gasteiger partial charge is 0.0717 e. The predicted molar refractivity (Wildman–Crippen MR) is 71.3 cm³/mol. The molecule has 0 radical (unpaired) electrons.